The predicted molar refractivity (Wildman–Crippen MR) is 141 cm³/mol. The van der Waals surface area contributed by atoms with Crippen molar-refractivity contribution in [2.24, 2.45) is 0 Å². The number of piperazine rings is 1. The lowest BCUT2D eigenvalue weighted by molar-refractivity contribution is 0.314. The van der Waals surface area contributed by atoms with E-state index in [4.69, 9.17) is 9.47 Å². The Morgan fingerprint density at radius 1 is 0.889 bits per heavy atom. The molecule has 0 saturated carbocycles. The quantitative estimate of drug-likeness (QED) is 0.458. The van der Waals surface area contributed by atoms with Crippen LogP contribution in [0.3, 0.4) is 0 Å². The van der Waals surface area contributed by atoms with Crippen molar-refractivity contribution in [2.75, 3.05) is 49.6 Å². The molecule has 1 saturated heterocycles. The van der Waals surface area contributed by atoms with Gasteiger partial charge >= 0.3 is 0 Å². The van der Waals surface area contributed by atoms with Crippen LogP contribution < -0.4 is 19.7 Å². The van der Waals surface area contributed by atoms with Gasteiger partial charge in [0.15, 0.2) is 0 Å². The monoisotopic (exact) mass is 511 g/mol. The lowest BCUT2D eigenvalue weighted by Gasteiger charge is -2.35. The van der Waals surface area contributed by atoms with Gasteiger partial charge in [0.1, 0.15) is 33.9 Å². The van der Waals surface area contributed by atoms with Crippen LogP contribution in [0.1, 0.15) is 25.2 Å². The maximum absolute atomic E-state index is 13.5. The number of hydrogen-bond donors (Lipinski definition) is 1. The zero-order valence-electron chi connectivity index (χ0n) is 21.2. The van der Waals surface area contributed by atoms with Gasteiger partial charge in [-0.25, -0.2) is 18.4 Å². The second-order valence-electron chi connectivity index (χ2n) is 8.52. The first-order valence-electron chi connectivity index (χ1n) is 12.1. The van der Waals surface area contributed by atoms with Gasteiger partial charge in [-0.2, -0.15) is 4.31 Å². The molecule has 0 bridgehead atoms. The molecule has 0 radical (unpaired) electrons. The average Bonchev–Trinajstić information content (AvgIpc) is 2.86. The third-order valence-electron chi connectivity index (χ3n) is 5.85. The van der Waals surface area contributed by atoms with Crippen molar-refractivity contribution in [1.82, 2.24) is 14.3 Å². The molecule has 0 atom stereocenters. The van der Waals surface area contributed by atoms with Gasteiger partial charge in [0.05, 0.1) is 13.2 Å². The van der Waals surface area contributed by atoms with E-state index in [0.717, 1.165) is 11.5 Å². The molecule has 1 aliphatic rings. The fourth-order valence-electron chi connectivity index (χ4n) is 4.09. The molecule has 0 spiro atoms. The summed E-state index contributed by atoms with van der Waals surface area (Å²) in [5.74, 6) is 3.01. The van der Waals surface area contributed by atoms with Crippen LogP contribution in [0.4, 0.5) is 17.3 Å². The van der Waals surface area contributed by atoms with Crippen LogP contribution in [0.2, 0.25) is 0 Å². The van der Waals surface area contributed by atoms with Crippen LogP contribution in [0.5, 0.6) is 11.5 Å². The fraction of sp³-hybridized carbons (Fsp3) is 0.385. The standard InChI is InChI=1S/C26H33N5O4S/c1-5-34-22-11-12-24(23(17-22)35-6-2)36(32,33)31-15-13-30(14-16-31)26-18-25(27-20(4)28-26)29-21-9-7-19(3)8-10-21/h7-12,17-18H,5-6,13-16H2,1-4H3,(H,27,28,29). The molecule has 9 nitrogen and oxygen atoms in total. The molecule has 36 heavy (non-hydrogen) atoms. The molecule has 3 aromatic rings. The summed E-state index contributed by atoms with van der Waals surface area (Å²) < 4.78 is 39.6. The first kappa shape index (κ1) is 25.7. The summed E-state index contributed by atoms with van der Waals surface area (Å²) in [6, 6.07) is 14.9. The van der Waals surface area contributed by atoms with Gasteiger partial charge in [0, 0.05) is 44.0 Å². The summed E-state index contributed by atoms with van der Waals surface area (Å²) in [5, 5.41) is 3.33. The van der Waals surface area contributed by atoms with Crippen LogP contribution in [0, 0.1) is 13.8 Å². The Labute approximate surface area is 213 Å². The summed E-state index contributed by atoms with van der Waals surface area (Å²) in [5.41, 5.74) is 2.13. The summed E-state index contributed by atoms with van der Waals surface area (Å²) in [4.78, 5) is 11.3. The Kier molecular flexibility index (Phi) is 7.95. The van der Waals surface area contributed by atoms with Gasteiger partial charge in [-0.05, 0) is 52.0 Å². The lowest BCUT2D eigenvalue weighted by atomic mass is 10.2. The van der Waals surface area contributed by atoms with Crippen LogP contribution in [0.15, 0.2) is 53.4 Å². The predicted octanol–water partition coefficient (Wildman–Crippen LogP) is 4.15. The van der Waals surface area contributed by atoms with E-state index in [0.29, 0.717) is 62.5 Å². The third kappa shape index (κ3) is 5.88. The molecule has 1 N–H and O–H groups in total. The second-order valence-corrected chi connectivity index (χ2v) is 10.4. The summed E-state index contributed by atoms with van der Waals surface area (Å²) in [6.45, 7) is 10.2. The van der Waals surface area contributed by atoms with Crippen LogP contribution >= 0.6 is 0 Å². The fourth-order valence-corrected chi connectivity index (χ4v) is 5.62. The zero-order valence-corrected chi connectivity index (χ0v) is 22.0. The molecular formula is C26H33N5O4S. The number of sulfonamides is 1. The summed E-state index contributed by atoms with van der Waals surface area (Å²) in [7, 11) is -3.73. The van der Waals surface area contributed by atoms with E-state index in [-0.39, 0.29) is 4.90 Å². The van der Waals surface area contributed by atoms with Crippen molar-refractivity contribution >= 4 is 27.3 Å². The minimum atomic E-state index is -3.73. The van der Waals surface area contributed by atoms with Crippen molar-refractivity contribution in [3.05, 3.63) is 59.9 Å². The number of aromatic nitrogens is 2. The normalized spacial score (nSPS) is 14.5. The van der Waals surface area contributed by atoms with Gasteiger partial charge in [0.2, 0.25) is 10.0 Å². The highest BCUT2D eigenvalue weighted by Gasteiger charge is 2.31. The highest BCUT2D eigenvalue weighted by atomic mass is 32.2. The highest BCUT2D eigenvalue weighted by Crippen LogP contribution is 2.32. The number of hydrogen-bond acceptors (Lipinski definition) is 8. The number of rotatable bonds is 9. The molecule has 1 fully saturated rings. The number of nitrogens with one attached hydrogen (secondary N) is 1. The first-order valence-corrected chi connectivity index (χ1v) is 13.6. The minimum Gasteiger partial charge on any atom is -0.494 e. The number of ether oxygens (including phenoxy) is 2. The molecule has 2 aromatic carbocycles. The highest BCUT2D eigenvalue weighted by molar-refractivity contribution is 7.89. The van der Waals surface area contributed by atoms with Crippen LogP contribution in [-0.2, 0) is 10.0 Å². The number of nitrogens with zero attached hydrogens (tertiary/aromatic N) is 4. The Morgan fingerprint density at radius 3 is 2.25 bits per heavy atom. The van der Waals surface area contributed by atoms with Crippen molar-refractivity contribution in [1.29, 1.82) is 0 Å². The Bertz CT molecular complexity index is 1290. The van der Waals surface area contributed by atoms with E-state index in [2.05, 4.69) is 20.2 Å². The van der Waals surface area contributed by atoms with Crippen molar-refractivity contribution < 1.29 is 17.9 Å². The molecular weight excluding hydrogens is 478 g/mol. The van der Waals surface area contributed by atoms with E-state index in [9.17, 15) is 8.42 Å². The van der Waals surface area contributed by atoms with Gasteiger partial charge in [-0.3, -0.25) is 0 Å². The number of benzene rings is 2. The Hall–Kier alpha value is -3.37. The maximum Gasteiger partial charge on any atom is 0.246 e. The summed E-state index contributed by atoms with van der Waals surface area (Å²) in [6.07, 6.45) is 0. The number of anilines is 3. The van der Waals surface area contributed by atoms with E-state index >= 15 is 0 Å². The molecule has 0 amide bonds. The molecule has 1 aliphatic heterocycles. The van der Waals surface area contributed by atoms with Crippen molar-refractivity contribution in [2.45, 2.75) is 32.6 Å². The summed E-state index contributed by atoms with van der Waals surface area (Å²) >= 11 is 0. The maximum atomic E-state index is 13.5. The third-order valence-corrected chi connectivity index (χ3v) is 7.79. The molecule has 1 aromatic heterocycles. The van der Waals surface area contributed by atoms with Gasteiger partial charge in [0.25, 0.3) is 0 Å². The molecule has 0 unspecified atom stereocenters. The molecule has 4 rings (SSSR count). The average molecular weight is 512 g/mol. The van der Waals surface area contributed by atoms with E-state index in [1.807, 2.05) is 58.0 Å². The van der Waals surface area contributed by atoms with E-state index in [1.165, 1.54) is 9.87 Å². The second kappa shape index (κ2) is 11.1. The molecule has 0 aliphatic carbocycles. The molecule has 2 heterocycles. The zero-order chi connectivity index (χ0) is 25.7. The van der Waals surface area contributed by atoms with E-state index < -0.39 is 10.0 Å². The van der Waals surface area contributed by atoms with Crippen molar-refractivity contribution in [3.8, 4) is 11.5 Å². The minimum absolute atomic E-state index is 0.156. The number of aryl methyl sites for hydroxylation is 2. The largest absolute Gasteiger partial charge is 0.494 e. The van der Waals surface area contributed by atoms with Gasteiger partial charge < -0.3 is 19.7 Å². The first-order chi connectivity index (χ1) is 17.3. The Morgan fingerprint density at radius 2 is 1.58 bits per heavy atom. The molecule has 10 heteroatoms. The van der Waals surface area contributed by atoms with E-state index in [1.54, 1.807) is 18.2 Å². The van der Waals surface area contributed by atoms with Crippen LogP contribution in [0.25, 0.3) is 0 Å². The van der Waals surface area contributed by atoms with Gasteiger partial charge in [-0.15, -0.1) is 0 Å². The lowest BCUT2D eigenvalue weighted by Crippen LogP contribution is -2.49. The smallest absolute Gasteiger partial charge is 0.246 e. The van der Waals surface area contributed by atoms with Crippen LogP contribution in [-0.4, -0.2) is 62.1 Å². The van der Waals surface area contributed by atoms with Gasteiger partial charge in [-0.1, -0.05) is 17.7 Å². The topological polar surface area (TPSA) is 96.9 Å². The SMILES string of the molecule is CCOc1ccc(S(=O)(=O)N2CCN(c3cc(Nc4ccc(C)cc4)nc(C)n3)CC2)c(OCC)c1. The van der Waals surface area contributed by atoms with Crippen molar-refractivity contribution in [3.63, 3.8) is 0 Å². The molecule has 192 valence electrons. The Balaban J connectivity index is 1.48.